The Morgan fingerprint density at radius 1 is 0.362 bits per heavy atom. The van der Waals surface area contributed by atoms with Gasteiger partial charge in [-0.2, -0.15) is 0 Å². The van der Waals surface area contributed by atoms with Gasteiger partial charge in [-0.25, -0.2) is 0 Å². The lowest BCUT2D eigenvalue weighted by Gasteiger charge is -2.22. The molecule has 0 aromatic carbocycles. The molecule has 2 unspecified atom stereocenters. The average Bonchev–Trinajstić information content (AvgIpc) is 3.35. The van der Waals surface area contributed by atoms with E-state index in [9.17, 15) is 15.0 Å². The monoisotopic (exact) mass is 958 g/mol. The average molecular weight is 959 g/mol. The first-order valence-electron chi connectivity index (χ1n) is 29.9. The fourth-order valence-electron chi connectivity index (χ4n) is 8.85. The zero-order chi connectivity index (χ0) is 49.9. The summed E-state index contributed by atoms with van der Waals surface area (Å²) in [7, 11) is 0. The third-order valence-electron chi connectivity index (χ3n) is 13.4. The van der Waals surface area contributed by atoms with Crippen LogP contribution in [0.15, 0.2) is 97.2 Å². The van der Waals surface area contributed by atoms with E-state index < -0.39 is 12.1 Å². The van der Waals surface area contributed by atoms with Crippen LogP contribution < -0.4 is 5.32 Å². The summed E-state index contributed by atoms with van der Waals surface area (Å²) in [5.41, 5.74) is 0. The van der Waals surface area contributed by atoms with Crippen molar-refractivity contribution < 1.29 is 15.0 Å². The van der Waals surface area contributed by atoms with Gasteiger partial charge in [0, 0.05) is 6.42 Å². The summed E-state index contributed by atoms with van der Waals surface area (Å²) < 4.78 is 0. The van der Waals surface area contributed by atoms with E-state index in [0.717, 1.165) is 77.0 Å². The standard InChI is InChI=1S/C65H115NO3/c1-3-5-7-9-11-13-15-17-19-21-23-25-27-28-29-30-31-32-33-34-35-36-37-38-39-41-43-45-47-49-51-53-55-57-59-61-65(69)66-63(62-67)64(68)60-58-56-54-52-50-48-46-44-42-40-26-24-22-20-18-16-14-12-10-8-6-4-2/h5,7,11,13,17,19,23,25,28-29,31-32,34-35,37-38,63-64,67-68H,3-4,6,8-10,12,14-16,18,20-22,24,26-27,30,33,36,39-62H2,1-2H3,(H,66,69)/b7-5-,13-11-,19-17-,25-23-,29-28-,32-31-,35-34-,38-37-. The largest absolute Gasteiger partial charge is 0.394 e. The Labute approximate surface area is 430 Å². The van der Waals surface area contributed by atoms with E-state index in [0.29, 0.717) is 12.8 Å². The summed E-state index contributed by atoms with van der Waals surface area (Å²) in [6.07, 6.45) is 88.3. The second-order valence-corrected chi connectivity index (χ2v) is 20.0. The van der Waals surface area contributed by atoms with Crippen molar-refractivity contribution in [2.24, 2.45) is 0 Å². The molecule has 0 aromatic heterocycles. The Kier molecular flexibility index (Phi) is 57.3. The number of rotatable bonds is 54. The summed E-state index contributed by atoms with van der Waals surface area (Å²) in [6, 6.07) is -0.546. The molecule has 0 aliphatic heterocycles. The van der Waals surface area contributed by atoms with Crippen molar-refractivity contribution in [1.29, 1.82) is 0 Å². The minimum Gasteiger partial charge on any atom is -0.394 e. The van der Waals surface area contributed by atoms with Crippen LogP contribution in [0.1, 0.15) is 290 Å². The Morgan fingerprint density at radius 3 is 0.957 bits per heavy atom. The van der Waals surface area contributed by atoms with Gasteiger partial charge in [-0.05, 0) is 77.0 Å². The van der Waals surface area contributed by atoms with Crippen molar-refractivity contribution in [1.82, 2.24) is 5.32 Å². The molecular weight excluding hydrogens is 843 g/mol. The molecule has 0 saturated heterocycles. The van der Waals surface area contributed by atoms with E-state index in [-0.39, 0.29) is 12.5 Å². The molecule has 1 amide bonds. The highest BCUT2D eigenvalue weighted by molar-refractivity contribution is 5.76. The van der Waals surface area contributed by atoms with Crippen molar-refractivity contribution in [2.45, 2.75) is 302 Å². The number of hydrogen-bond donors (Lipinski definition) is 3. The number of carbonyl (C=O) groups is 1. The second-order valence-electron chi connectivity index (χ2n) is 20.0. The van der Waals surface area contributed by atoms with Crippen molar-refractivity contribution >= 4 is 5.91 Å². The molecule has 69 heavy (non-hydrogen) atoms. The number of hydrogen-bond acceptors (Lipinski definition) is 3. The minimum absolute atomic E-state index is 0.0367. The van der Waals surface area contributed by atoms with Gasteiger partial charge in [-0.15, -0.1) is 0 Å². The molecule has 398 valence electrons. The smallest absolute Gasteiger partial charge is 0.220 e. The van der Waals surface area contributed by atoms with Gasteiger partial charge in [0.05, 0.1) is 18.8 Å². The summed E-state index contributed by atoms with van der Waals surface area (Å²) in [4.78, 5) is 12.5. The Morgan fingerprint density at radius 2 is 0.638 bits per heavy atom. The second kappa shape index (κ2) is 59.6. The van der Waals surface area contributed by atoms with Gasteiger partial charge in [0.25, 0.3) is 0 Å². The lowest BCUT2D eigenvalue weighted by molar-refractivity contribution is -0.123. The number of aliphatic hydroxyl groups excluding tert-OH is 2. The SMILES string of the molecule is CC/C=C\C/C=C\C/C=C\C/C=C\C/C=C\C/C=C\C/C=C\C/C=C\CCCCCCCCCCCCC(=O)NC(CO)C(O)CCCCCCCCCCCCCCCCCCCCCCCC. The lowest BCUT2D eigenvalue weighted by Crippen LogP contribution is -2.45. The molecule has 3 N–H and O–H groups in total. The maximum Gasteiger partial charge on any atom is 0.220 e. The number of allylic oxidation sites excluding steroid dienone is 16. The van der Waals surface area contributed by atoms with Crippen LogP contribution in [0.5, 0.6) is 0 Å². The zero-order valence-corrected chi connectivity index (χ0v) is 45.8. The molecule has 0 aliphatic rings. The molecule has 0 spiro atoms. The van der Waals surface area contributed by atoms with Crippen molar-refractivity contribution in [3.05, 3.63) is 97.2 Å². The number of nitrogens with one attached hydrogen (secondary N) is 1. The Hall–Kier alpha value is -2.69. The molecule has 0 heterocycles. The van der Waals surface area contributed by atoms with Crippen LogP contribution in [0, 0.1) is 0 Å². The molecular formula is C65H115NO3. The number of carbonyl (C=O) groups excluding carboxylic acids is 1. The van der Waals surface area contributed by atoms with E-state index >= 15 is 0 Å². The highest BCUT2D eigenvalue weighted by Gasteiger charge is 2.20. The fraction of sp³-hybridized carbons (Fsp3) is 0.738. The van der Waals surface area contributed by atoms with Crippen LogP contribution in [0.3, 0.4) is 0 Å². The van der Waals surface area contributed by atoms with Crippen LogP contribution in [0.4, 0.5) is 0 Å². The Balaban J connectivity index is 3.54. The lowest BCUT2D eigenvalue weighted by atomic mass is 10.0. The molecule has 2 atom stereocenters. The summed E-state index contributed by atoms with van der Waals surface area (Å²) in [6.45, 7) is 4.26. The maximum atomic E-state index is 12.5. The molecule has 0 rings (SSSR count). The number of aliphatic hydroxyl groups is 2. The van der Waals surface area contributed by atoms with Crippen molar-refractivity contribution in [2.75, 3.05) is 6.61 Å². The first-order chi connectivity index (χ1) is 34.2. The fourth-order valence-corrected chi connectivity index (χ4v) is 8.85. The molecule has 4 nitrogen and oxygen atoms in total. The van der Waals surface area contributed by atoms with E-state index in [1.807, 2.05) is 0 Å². The summed E-state index contributed by atoms with van der Waals surface area (Å²) in [5.74, 6) is -0.0367. The van der Waals surface area contributed by atoms with Crippen molar-refractivity contribution in [3.8, 4) is 0 Å². The third kappa shape index (κ3) is 56.1. The Bertz CT molecular complexity index is 1270. The first-order valence-corrected chi connectivity index (χ1v) is 29.9. The van der Waals surface area contributed by atoms with Gasteiger partial charge < -0.3 is 15.5 Å². The maximum absolute atomic E-state index is 12.5. The van der Waals surface area contributed by atoms with Gasteiger partial charge in [0.1, 0.15) is 0 Å². The molecule has 0 bridgehead atoms. The van der Waals surface area contributed by atoms with E-state index in [2.05, 4.69) is 116 Å². The summed E-state index contributed by atoms with van der Waals surface area (Å²) >= 11 is 0. The van der Waals surface area contributed by atoms with Gasteiger partial charge >= 0.3 is 0 Å². The number of amides is 1. The molecule has 4 heteroatoms. The van der Waals surface area contributed by atoms with Gasteiger partial charge in [0.2, 0.25) is 5.91 Å². The highest BCUT2D eigenvalue weighted by Crippen LogP contribution is 2.17. The summed E-state index contributed by atoms with van der Waals surface area (Å²) in [5, 5.41) is 23.4. The van der Waals surface area contributed by atoms with E-state index in [1.165, 1.54) is 186 Å². The van der Waals surface area contributed by atoms with Crippen LogP contribution in [0.25, 0.3) is 0 Å². The number of unbranched alkanes of at least 4 members (excludes halogenated alkanes) is 31. The molecule has 0 saturated carbocycles. The molecule has 0 radical (unpaired) electrons. The quantitative estimate of drug-likeness (QED) is 0.0420. The van der Waals surface area contributed by atoms with Crippen LogP contribution in [-0.4, -0.2) is 34.9 Å². The first kappa shape index (κ1) is 66.3. The predicted octanol–water partition coefficient (Wildman–Crippen LogP) is 20.1. The van der Waals surface area contributed by atoms with Crippen LogP contribution >= 0.6 is 0 Å². The van der Waals surface area contributed by atoms with E-state index in [1.54, 1.807) is 0 Å². The van der Waals surface area contributed by atoms with Gasteiger partial charge in [0.15, 0.2) is 0 Å². The van der Waals surface area contributed by atoms with Crippen molar-refractivity contribution in [3.63, 3.8) is 0 Å². The third-order valence-corrected chi connectivity index (χ3v) is 13.4. The minimum atomic E-state index is -0.668. The molecule has 0 fully saturated rings. The topological polar surface area (TPSA) is 69.6 Å². The highest BCUT2D eigenvalue weighted by atomic mass is 16.3. The molecule has 0 aliphatic carbocycles. The molecule has 0 aromatic rings. The predicted molar refractivity (Wildman–Crippen MR) is 308 cm³/mol. The van der Waals surface area contributed by atoms with E-state index in [4.69, 9.17) is 0 Å². The normalized spacial score (nSPS) is 13.5. The van der Waals surface area contributed by atoms with Crippen LogP contribution in [-0.2, 0) is 4.79 Å². The van der Waals surface area contributed by atoms with Gasteiger partial charge in [-0.3, -0.25) is 4.79 Å². The van der Waals surface area contributed by atoms with Crippen LogP contribution in [0.2, 0.25) is 0 Å². The van der Waals surface area contributed by atoms with Gasteiger partial charge in [-0.1, -0.05) is 304 Å². The zero-order valence-electron chi connectivity index (χ0n) is 45.8.